The van der Waals surface area contributed by atoms with Crippen LogP contribution in [0.2, 0.25) is 0 Å². The molecule has 1 aromatic carbocycles. The van der Waals surface area contributed by atoms with Crippen LogP contribution < -0.4 is 0 Å². The molecule has 0 aromatic heterocycles. The number of benzene rings is 1. The first-order chi connectivity index (χ1) is 14.1. The third-order valence-electron chi connectivity index (χ3n) is 7.79. The van der Waals surface area contributed by atoms with Crippen molar-refractivity contribution in [3.05, 3.63) is 47.3 Å². The van der Waals surface area contributed by atoms with E-state index in [2.05, 4.69) is 13.5 Å². The van der Waals surface area contributed by atoms with Crippen LogP contribution in [0.1, 0.15) is 107 Å². The Morgan fingerprint density at radius 1 is 0.966 bits per heavy atom. The maximum Gasteiger partial charge on any atom is 0.141 e. The summed E-state index contributed by atoms with van der Waals surface area (Å²) in [4.78, 5) is 0. The van der Waals surface area contributed by atoms with Crippen molar-refractivity contribution in [2.75, 3.05) is 0 Å². The molecular weight excluding hydrogens is 357 g/mol. The Kier molecular flexibility index (Phi) is 8.34. The van der Waals surface area contributed by atoms with E-state index in [1.54, 1.807) is 12.1 Å². The first kappa shape index (κ1) is 22.1. The van der Waals surface area contributed by atoms with Crippen molar-refractivity contribution >= 4 is 0 Å². The van der Waals surface area contributed by atoms with Crippen LogP contribution in [-0.4, -0.2) is 0 Å². The van der Waals surface area contributed by atoms with Gasteiger partial charge in [-0.05, 0) is 86.3 Å². The second kappa shape index (κ2) is 11.0. The summed E-state index contributed by atoms with van der Waals surface area (Å²) >= 11 is 0. The Bertz CT molecular complexity index is 700. The van der Waals surface area contributed by atoms with Crippen molar-refractivity contribution in [3.8, 4) is 6.07 Å². The minimum atomic E-state index is -0.360. The average Bonchev–Trinajstić information content (AvgIpc) is 2.77. The van der Waals surface area contributed by atoms with Crippen molar-refractivity contribution in [1.29, 1.82) is 5.26 Å². The zero-order valence-electron chi connectivity index (χ0n) is 18.3. The molecule has 0 heterocycles. The summed E-state index contributed by atoms with van der Waals surface area (Å²) in [5, 5.41) is 8.90. The summed E-state index contributed by atoms with van der Waals surface area (Å²) in [6.07, 6.45) is 17.2. The summed E-state index contributed by atoms with van der Waals surface area (Å²) in [7, 11) is 0. The fourth-order valence-corrected chi connectivity index (χ4v) is 5.53. The van der Waals surface area contributed by atoms with Gasteiger partial charge in [0.05, 0.1) is 5.56 Å². The van der Waals surface area contributed by atoms with Gasteiger partial charge in [0.2, 0.25) is 0 Å². The monoisotopic (exact) mass is 395 g/mol. The quantitative estimate of drug-likeness (QED) is 0.406. The number of nitriles is 1. The largest absolute Gasteiger partial charge is 0.206 e. The summed E-state index contributed by atoms with van der Waals surface area (Å²) in [5.74, 6) is 2.87. The fraction of sp³-hybridized carbons (Fsp3) is 0.667. The topological polar surface area (TPSA) is 23.8 Å². The van der Waals surface area contributed by atoms with Crippen molar-refractivity contribution in [2.45, 2.75) is 96.3 Å². The Balaban J connectivity index is 1.34. The molecule has 0 spiro atoms. The molecule has 2 aliphatic carbocycles. The van der Waals surface area contributed by atoms with Gasteiger partial charge in [0, 0.05) is 0 Å². The first-order valence-corrected chi connectivity index (χ1v) is 11.9. The molecule has 0 unspecified atom stereocenters. The van der Waals surface area contributed by atoms with Gasteiger partial charge >= 0.3 is 0 Å². The highest BCUT2D eigenvalue weighted by atomic mass is 19.1. The molecule has 2 fully saturated rings. The number of hydrogen-bond acceptors (Lipinski definition) is 1. The number of halogens is 1. The zero-order chi connectivity index (χ0) is 20.6. The Hall–Kier alpha value is -1.62. The SMILES string of the molecule is C=C(CC)CCC1CCC(CCC2CCC(c3ccc(C#N)c(F)c3)CC2)CC1. The van der Waals surface area contributed by atoms with E-state index in [1.807, 2.05) is 12.1 Å². The lowest BCUT2D eigenvalue weighted by Crippen LogP contribution is -2.18. The predicted octanol–water partition coefficient (Wildman–Crippen LogP) is 8.30. The lowest BCUT2D eigenvalue weighted by atomic mass is 9.74. The minimum Gasteiger partial charge on any atom is -0.206 e. The average molecular weight is 396 g/mol. The van der Waals surface area contributed by atoms with Crippen LogP contribution in [0.4, 0.5) is 4.39 Å². The number of nitrogens with zero attached hydrogens (tertiary/aromatic N) is 1. The van der Waals surface area contributed by atoms with Crippen molar-refractivity contribution < 1.29 is 4.39 Å². The third kappa shape index (κ3) is 6.43. The molecular formula is C27H38FN. The molecule has 0 N–H and O–H groups in total. The van der Waals surface area contributed by atoms with E-state index in [4.69, 9.17) is 5.26 Å². The molecule has 3 rings (SSSR count). The van der Waals surface area contributed by atoms with E-state index in [1.165, 1.54) is 82.6 Å². The highest BCUT2D eigenvalue weighted by Gasteiger charge is 2.25. The van der Waals surface area contributed by atoms with E-state index < -0.39 is 0 Å². The second-order valence-electron chi connectivity index (χ2n) is 9.68. The molecule has 2 aliphatic rings. The van der Waals surface area contributed by atoms with Gasteiger partial charge in [0.15, 0.2) is 0 Å². The van der Waals surface area contributed by atoms with Crippen LogP contribution in [0.3, 0.4) is 0 Å². The molecule has 0 bridgehead atoms. The van der Waals surface area contributed by atoms with Crippen molar-refractivity contribution in [2.24, 2.45) is 17.8 Å². The molecule has 0 aliphatic heterocycles. The molecule has 1 nitrogen and oxygen atoms in total. The van der Waals surface area contributed by atoms with Gasteiger partial charge in [-0.25, -0.2) is 4.39 Å². The highest BCUT2D eigenvalue weighted by molar-refractivity contribution is 5.34. The van der Waals surface area contributed by atoms with Gasteiger partial charge in [0.25, 0.3) is 0 Å². The molecule has 2 heteroatoms. The van der Waals surface area contributed by atoms with Crippen LogP contribution in [0.15, 0.2) is 30.4 Å². The smallest absolute Gasteiger partial charge is 0.141 e. The molecule has 0 atom stereocenters. The molecule has 0 saturated heterocycles. The zero-order valence-corrected chi connectivity index (χ0v) is 18.3. The molecule has 0 amide bonds. The van der Waals surface area contributed by atoms with Gasteiger partial charge < -0.3 is 0 Å². The lowest BCUT2D eigenvalue weighted by molar-refractivity contribution is 0.224. The minimum absolute atomic E-state index is 0.160. The molecule has 29 heavy (non-hydrogen) atoms. The van der Waals surface area contributed by atoms with Gasteiger partial charge in [0.1, 0.15) is 11.9 Å². The number of rotatable bonds is 8. The molecule has 158 valence electrons. The van der Waals surface area contributed by atoms with Crippen LogP contribution >= 0.6 is 0 Å². The maximum absolute atomic E-state index is 13.9. The lowest BCUT2D eigenvalue weighted by Gasteiger charge is -2.32. The third-order valence-corrected chi connectivity index (χ3v) is 7.79. The summed E-state index contributed by atoms with van der Waals surface area (Å²) in [6.45, 7) is 6.38. The van der Waals surface area contributed by atoms with E-state index in [-0.39, 0.29) is 11.4 Å². The van der Waals surface area contributed by atoms with E-state index in [0.717, 1.165) is 29.7 Å². The summed E-state index contributed by atoms with van der Waals surface area (Å²) in [5.41, 5.74) is 2.67. The second-order valence-corrected chi connectivity index (χ2v) is 9.68. The molecule has 1 aromatic rings. The highest BCUT2D eigenvalue weighted by Crippen LogP contribution is 2.40. The summed E-state index contributed by atoms with van der Waals surface area (Å²) < 4.78 is 13.9. The fourth-order valence-electron chi connectivity index (χ4n) is 5.53. The van der Waals surface area contributed by atoms with Gasteiger partial charge in [-0.2, -0.15) is 5.26 Å². The van der Waals surface area contributed by atoms with Gasteiger partial charge in [-0.3, -0.25) is 0 Å². The van der Waals surface area contributed by atoms with E-state index >= 15 is 0 Å². The Morgan fingerprint density at radius 3 is 2.03 bits per heavy atom. The van der Waals surface area contributed by atoms with Gasteiger partial charge in [-0.1, -0.05) is 63.7 Å². The molecule has 2 saturated carbocycles. The van der Waals surface area contributed by atoms with E-state index in [0.29, 0.717) is 5.92 Å². The van der Waals surface area contributed by atoms with E-state index in [9.17, 15) is 4.39 Å². The first-order valence-electron chi connectivity index (χ1n) is 11.9. The molecule has 0 radical (unpaired) electrons. The standard InChI is InChI=1S/C27H38FN/c1-3-20(2)4-5-21-6-8-22(9-7-21)10-11-23-12-14-24(15-13-23)25-16-17-26(19-29)27(28)18-25/h16-18,21-24H,2-15H2,1H3. The van der Waals surface area contributed by atoms with Crippen molar-refractivity contribution in [3.63, 3.8) is 0 Å². The van der Waals surface area contributed by atoms with Crippen LogP contribution in [0.25, 0.3) is 0 Å². The Morgan fingerprint density at radius 2 is 1.52 bits per heavy atom. The van der Waals surface area contributed by atoms with Crippen molar-refractivity contribution in [1.82, 2.24) is 0 Å². The number of hydrogen-bond donors (Lipinski definition) is 0. The predicted molar refractivity (Wildman–Crippen MR) is 119 cm³/mol. The van der Waals surface area contributed by atoms with Crippen LogP contribution in [0.5, 0.6) is 0 Å². The Labute approximate surface area is 177 Å². The maximum atomic E-state index is 13.9. The summed E-state index contributed by atoms with van der Waals surface area (Å²) in [6, 6.07) is 7.12. The van der Waals surface area contributed by atoms with Gasteiger partial charge in [-0.15, -0.1) is 0 Å². The van der Waals surface area contributed by atoms with Crippen LogP contribution in [-0.2, 0) is 0 Å². The van der Waals surface area contributed by atoms with Crippen LogP contribution in [0, 0.1) is 34.9 Å². The number of allylic oxidation sites excluding steroid dienone is 1. The normalized spacial score (nSPS) is 27.3.